The summed E-state index contributed by atoms with van der Waals surface area (Å²) in [6.45, 7) is 34.1. The van der Waals surface area contributed by atoms with Crippen LogP contribution in [0.4, 0.5) is 0 Å². The van der Waals surface area contributed by atoms with Crippen LogP contribution in [0.25, 0.3) is 0 Å². The molecule has 43 heavy (non-hydrogen) atoms. The highest BCUT2D eigenvalue weighted by atomic mass is 32.2. The molecule has 260 valence electrons. The van der Waals surface area contributed by atoms with E-state index in [0.717, 1.165) is 5.75 Å². The van der Waals surface area contributed by atoms with E-state index in [-0.39, 0.29) is 58.2 Å². The Bertz CT molecular complexity index is 762. The van der Waals surface area contributed by atoms with Gasteiger partial charge in [0.2, 0.25) is 0 Å². The molecule has 0 N–H and O–H groups in total. The lowest BCUT2D eigenvalue weighted by atomic mass is 10.0. The van der Waals surface area contributed by atoms with Crippen molar-refractivity contribution in [3.05, 3.63) is 0 Å². The summed E-state index contributed by atoms with van der Waals surface area (Å²) in [5, 5.41) is 0.267. The summed E-state index contributed by atoms with van der Waals surface area (Å²) in [6.07, 6.45) is 0.967. The Morgan fingerprint density at radius 3 is 1.28 bits per heavy atom. The van der Waals surface area contributed by atoms with Crippen molar-refractivity contribution >= 4 is 45.3 Å². The molecule has 8 nitrogen and oxygen atoms in total. The zero-order valence-corrected chi connectivity index (χ0v) is 31.7. The van der Waals surface area contributed by atoms with Gasteiger partial charge in [0, 0.05) is 26.0 Å². The van der Waals surface area contributed by atoms with Gasteiger partial charge in [-0.15, -0.1) is 0 Å². The van der Waals surface area contributed by atoms with E-state index in [0.29, 0.717) is 19.0 Å². The fourth-order valence-corrected chi connectivity index (χ4v) is 4.00. The van der Waals surface area contributed by atoms with Crippen LogP contribution in [-0.4, -0.2) is 74.7 Å². The number of hydrogen-bond donors (Lipinski definition) is 0. The fraction of sp³-hybridized carbons (Fsp3) is 0.879. The first-order chi connectivity index (χ1) is 18.5. The molecule has 0 aliphatic heterocycles. The number of ketones is 2. The van der Waals surface area contributed by atoms with E-state index in [1.165, 1.54) is 30.4 Å². The van der Waals surface area contributed by atoms with Crippen LogP contribution in [0.5, 0.6) is 0 Å². The Hall–Kier alpha value is -0.780. The molecule has 0 unspecified atom stereocenters. The Kier molecular flexibility index (Phi) is 30.6. The third kappa shape index (κ3) is 51.1. The van der Waals surface area contributed by atoms with Crippen molar-refractivity contribution in [2.45, 2.75) is 173 Å². The number of Topliss-reactive ketones (excluding diaryl/α,β-unsaturated/α-hetero) is 2. The maximum Gasteiger partial charge on any atom is 0.188 e. The lowest BCUT2D eigenvalue weighted by molar-refractivity contribution is -0.155. The molecule has 0 heterocycles. The second-order valence-electron chi connectivity index (χ2n) is 13.4. The molecule has 0 aromatic rings. The average Bonchev–Trinajstić information content (AvgIpc) is 2.67. The van der Waals surface area contributed by atoms with Gasteiger partial charge >= 0.3 is 0 Å². The number of ether oxygens (including phenoxy) is 4. The van der Waals surface area contributed by atoms with Crippen molar-refractivity contribution in [2.75, 3.05) is 18.3 Å². The topological polar surface area (TPSA) is 105 Å². The highest BCUT2D eigenvalue weighted by Gasteiger charge is 2.30. The highest BCUT2D eigenvalue weighted by Crippen LogP contribution is 2.23. The molecule has 0 saturated heterocycles. The fourth-order valence-electron chi connectivity index (χ4n) is 3.02. The van der Waals surface area contributed by atoms with E-state index < -0.39 is 5.60 Å². The molecule has 0 aliphatic rings. The third-order valence-corrected chi connectivity index (χ3v) is 5.61. The number of hydrogen-bond acceptors (Lipinski definition) is 10. The van der Waals surface area contributed by atoms with Crippen molar-refractivity contribution in [2.24, 2.45) is 0 Å². The zero-order chi connectivity index (χ0) is 34.5. The quantitative estimate of drug-likeness (QED) is 0.150. The van der Waals surface area contributed by atoms with Crippen LogP contribution in [0.1, 0.15) is 138 Å². The van der Waals surface area contributed by atoms with Gasteiger partial charge in [0.1, 0.15) is 11.4 Å². The SMILES string of the molecule is C.CC(=O)C(C)(C)OC(C)(C)C.CC(=O)CC(C)(C)OC(C)(C)C.CC(=O)SCCOC(C)C.CC(=O)SCOC(C)C. The van der Waals surface area contributed by atoms with Crippen molar-refractivity contribution in [1.29, 1.82) is 0 Å². The molecule has 0 bridgehead atoms. The average molecular weight is 657 g/mol. The molecule has 0 rings (SSSR count). The molecule has 0 saturated carbocycles. The van der Waals surface area contributed by atoms with Gasteiger partial charge in [-0.1, -0.05) is 31.0 Å². The highest BCUT2D eigenvalue weighted by molar-refractivity contribution is 8.13. The van der Waals surface area contributed by atoms with E-state index in [1.807, 2.05) is 83.1 Å². The predicted molar refractivity (Wildman–Crippen MR) is 186 cm³/mol. The van der Waals surface area contributed by atoms with Crippen LogP contribution >= 0.6 is 23.5 Å². The van der Waals surface area contributed by atoms with E-state index in [1.54, 1.807) is 34.6 Å². The molecule has 0 fully saturated rings. The molecule has 0 atom stereocenters. The van der Waals surface area contributed by atoms with Crippen LogP contribution in [0, 0.1) is 0 Å². The number of thioether (sulfide) groups is 2. The maximum absolute atomic E-state index is 11.0. The molecule has 0 amide bonds. The molecular weight excluding hydrogens is 588 g/mol. The Morgan fingerprint density at radius 1 is 0.628 bits per heavy atom. The molecular formula is C33H68O8S2. The monoisotopic (exact) mass is 656 g/mol. The van der Waals surface area contributed by atoms with Crippen LogP contribution < -0.4 is 0 Å². The normalized spacial score (nSPS) is 11.6. The van der Waals surface area contributed by atoms with Crippen molar-refractivity contribution in [1.82, 2.24) is 0 Å². The molecule has 0 aromatic carbocycles. The first-order valence-electron chi connectivity index (χ1n) is 14.4. The number of rotatable bonds is 12. The van der Waals surface area contributed by atoms with Gasteiger partial charge in [-0.25, -0.2) is 0 Å². The largest absolute Gasteiger partial charge is 0.378 e. The van der Waals surface area contributed by atoms with Gasteiger partial charge in [0.05, 0.1) is 41.6 Å². The van der Waals surface area contributed by atoms with Gasteiger partial charge in [-0.2, -0.15) is 0 Å². The zero-order valence-electron chi connectivity index (χ0n) is 30.1. The van der Waals surface area contributed by atoms with Crippen LogP contribution in [0.15, 0.2) is 0 Å². The minimum atomic E-state index is -0.655. The van der Waals surface area contributed by atoms with Crippen molar-refractivity contribution in [3.8, 4) is 0 Å². The summed E-state index contributed by atoms with van der Waals surface area (Å²) >= 11 is 2.51. The standard InChI is InChI=1S/C10H20O2.C9H18O2.C7H14O2S.C6H12O2S.CH4/c1-8(11)7-10(5,6)12-9(2,3)4;1-7(10)9(5,6)11-8(2,3)4;1-6(2)9-4-5-10-7(3)8;1-5(2)8-4-9-6(3)7;/h7H2,1-6H3;1-6H3;6H,4-5H2,1-3H3;5H,4H2,1-3H3;1H4. The molecule has 0 radical (unpaired) electrons. The minimum absolute atomic E-state index is 0. The molecule has 0 aromatic heterocycles. The summed E-state index contributed by atoms with van der Waals surface area (Å²) < 4.78 is 21.6. The molecule has 0 aliphatic carbocycles. The Balaban J connectivity index is -0.000000149. The predicted octanol–water partition coefficient (Wildman–Crippen LogP) is 8.70. The minimum Gasteiger partial charge on any atom is -0.378 e. The number of carbonyl (C=O) groups excluding carboxylic acids is 4. The van der Waals surface area contributed by atoms with E-state index in [2.05, 4.69) is 0 Å². The molecule has 0 spiro atoms. The number of carbonyl (C=O) groups is 4. The van der Waals surface area contributed by atoms with Crippen molar-refractivity contribution < 1.29 is 38.1 Å². The second kappa shape index (κ2) is 25.4. The van der Waals surface area contributed by atoms with Gasteiger partial charge in [-0.05, 0) is 111 Å². The summed E-state index contributed by atoms with van der Waals surface area (Å²) in [5.41, 5.74) is -1.43. The van der Waals surface area contributed by atoms with E-state index in [4.69, 9.17) is 18.9 Å². The summed E-state index contributed by atoms with van der Waals surface area (Å²) in [6, 6.07) is 0. The van der Waals surface area contributed by atoms with Gasteiger partial charge in [0.15, 0.2) is 16.0 Å². The van der Waals surface area contributed by atoms with E-state index >= 15 is 0 Å². The summed E-state index contributed by atoms with van der Waals surface area (Å²) in [5.74, 6) is 1.48. The Morgan fingerprint density at radius 2 is 1.02 bits per heavy atom. The first kappa shape index (κ1) is 51.8. The van der Waals surface area contributed by atoms with Crippen LogP contribution in [0.3, 0.4) is 0 Å². The van der Waals surface area contributed by atoms with E-state index in [9.17, 15) is 19.2 Å². The lowest BCUT2D eigenvalue weighted by Crippen LogP contribution is -2.40. The van der Waals surface area contributed by atoms with Crippen LogP contribution in [0.2, 0.25) is 0 Å². The second-order valence-corrected chi connectivity index (χ2v) is 15.7. The van der Waals surface area contributed by atoms with Crippen molar-refractivity contribution in [3.63, 3.8) is 0 Å². The maximum atomic E-state index is 11.0. The van der Waals surface area contributed by atoms with Gasteiger partial charge < -0.3 is 18.9 Å². The first-order valence-corrected chi connectivity index (χ1v) is 16.4. The Labute approximate surface area is 274 Å². The lowest BCUT2D eigenvalue weighted by Gasteiger charge is -2.33. The smallest absolute Gasteiger partial charge is 0.188 e. The van der Waals surface area contributed by atoms with Gasteiger partial charge in [0.25, 0.3) is 0 Å². The van der Waals surface area contributed by atoms with Gasteiger partial charge in [-0.3, -0.25) is 19.2 Å². The molecule has 10 heteroatoms. The third-order valence-electron chi connectivity index (χ3n) is 4.17. The summed E-state index contributed by atoms with van der Waals surface area (Å²) in [7, 11) is 0. The summed E-state index contributed by atoms with van der Waals surface area (Å²) in [4.78, 5) is 42.6. The van der Waals surface area contributed by atoms with Crippen LogP contribution in [-0.2, 0) is 38.1 Å².